The average molecular weight is 347 g/mol. The molecule has 0 aliphatic heterocycles. The number of nitrogens with one attached hydrogen (secondary N) is 2. The van der Waals surface area contributed by atoms with Gasteiger partial charge >= 0.3 is 0 Å². The number of Topliss-reactive ketones (excluding diaryl/α,β-unsaturated/α-hetero) is 2. The van der Waals surface area contributed by atoms with Crippen molar-refractivity contribution in [1.82, 2.24) is 10.6 Å². The van der Waals surface area contributed by atoms with Crippen molar-refractivity contribution in [2.75, 3.05) is 27.2 Å². The summed E-state index contributed by atoms with van der Waals surface area (Å²) in [5.41, 5.74) is 10.7. The Balaban J connectivity index is -0.0000000521. The number of nitrogens with two attached hydrogens (primary N) is 2. The lowest BCUT2D eigenvalue weighted by molar-refractivity contribution is -0.119. The first kappa shape index (κ1) is 22.2. The molecule has 2 unspecified atom stereocenters. The van der Waals surface area contributed by atoms with E-state index in [1.54, 1.807) is 13.8 Å². The van der Waals surface area contributed by atoms with Gasteiger partial charge in [0.1, 0.15) is 11.6 Å². The van der Waals surface area contributed by atoms with Crippen molar-refractivity contribution in [3.05, 3.63) is 0 Å². The molecule has 0 saturated heterocycles. The molecule has 0 aromatic heterocycles. The molecule has 0 amide bonds. The van der Waals surface area contributed by atoms with E-state index in [0.29, 0.717) is 13.1 Å². The summed E-state index contributed by atoms with van der Waals surface area (Å²) in [4.78, 5) is 21.8. The molecule has 23 heavy (non-hydrogen) atoms. The molecule has 6 N–H and O–H groups in total. The van der Waals surface area contributed by atoms with Gasteiger partial charge in [-0.2, -0.15) is 0 Å². The molecule has 0 aliphatic rings. The zero-order valence-electron chi connectivity index (χ0n) is 18.8. The van der Waals surface area contributed by atoms with Gasteiger partial charge in [0.2, 0.25) is 0 Å². The highest BCUT2D eigenvalue weighted by Gasteiger charge is 2.10. The molecule has 0 bridgehead atoms. The smallest absolute Gasteiger partial charge is 0.146 e. The second-order valence-electron chi connectivity index (χ2n) is 5.47. The number of hydrogen-bond acceptors (Lipinski definition) is 6. The van der Waals surface area contributed by atoms with Gasteiger partial charge in [0, 0.05) is 8.79 Å². The van der Waals surface area contributed by atoms with Crippen LogP contribution < -0.4 is 22.1 Å². The van der Waals surface area contributed by atoms with Crippen molar-refractivity contribution in [2.45, 2.75) is 71.9 Å². The zero-order chi connectivity index (χ0) is 21.4. The molecule has 6 heteroatoms. The van der Waals surface area contributed by atoms with Gasteiger partial charge in [0.15, 0.2) is 0 Å². The average Bonchev–Trinajstić information content (AvgIpc) is 2.65. The highest BCUT2D eigenvalue weighted by Crippen LogP contribution is 2.00. The predicted molar refractivity (Wildman–Crippen MR) is 108 cm³/mol. The first-order valence-corrected chi connectivity index (χ1v) is 8.20. The second kappa shape index (κ2) is 19.2. The number of hydrogen-bond donors (Lipinski definition) is 4. The number of carbonyl (C=O) groups excluding carboxylic acids is 2. The van der Waals surface area contributed by atoms with E-state index in [2.05, 4.69) is 10.6 Å². The lowest BCUT2D eigenvalue weighted by Gasteiger charge is -2.11. The van der Waals surface area contributed by atoms with Crippen LogP contribution in [-0.2, 0) is 9.59 Å². The van der Waals surface area contributed by atoms with Crippen LogP contribution in [0.2, 0.25) is 0 Å². The Labute approximate surface area is 152 Å². The maximum Gasteiger partial charge on any atom is 0.146 e. The first-order valence-electron chi connectivity index (χ1n) is 10.2. The van der Waals surface area contributed by atoms with Crippen LogP contribution in [0.4, 0.5) is 0 Å². The number of rotatable bonds is 12. The fraction of sp³-hybridized carbons (Fsp3) is 0.882. The van der Waals surface area contributed by atoms with Crippen LogP contribution in [0.1, 0.15) is 68.6 Å². The lowest BCUT2D eigenvalue weighted by Crippen LogP contribution is -2.32. The fourth-order valence-electron chi connectivity index (χ4n) is 2.09. The molecule has 0 fully saturated rings. The summed E-state index contributed by atoms with van der Waals surface area (Å²) in [6.07, 6.45) is 5.88. The van der Waals surface area contributed by atoms with E-state index < -0.39 is 0 Å². The van der Waals surface area contributed by atoms with Crippen molar-refractivity contribution in [3.8, 4) is 0 Å². The van der Waals surface area contributed by atoms with Gasteiger partial charge in [-0.1, -0.05) is 20.3 Å². The van der Waals surface area contributed by atoms with Crippen LogP contribution in [0.3, 0.4) is 0 Å². The van der Waals surface area contributed by atoms with E-state index in [9.17, 15) is 9.59 Å². The minimum Gasteiger partial charge on any atom is -0.330 e. The van der Waals surface area contributed by atoms with Gasteiger partial charge in [-0.05, 0) is 66.7 Å². The Hall–Kier alpha value is -0.820. The van der Waals surface area contributed by atoms with Gasteiger partial charge in [-0.3, -0.25) is 9.59 Å². The number of likely N-dealkylation sites (N-methyl/N-ethyl adjacent to an activating group) is 2. The Kier molecular flexibility index (Phi) is 18.5. The molecule has 6 nitrogen and oxygen atoms in total. The summed E-state index contributed by atoms with van der Waals surface area (Å²) < 4.78 is 20.0. The summed E-state index contributed by atoms with van der Waals surface area (Å²) in [7, 11) is 3.63. The van der Waals surface area contributed by atoms with E-state index in [0.717, 1.165) is 38.5 Å². The summed E-state index contributed by atoms with van der Waals surface area (Å²) in [5.74, 6) is 0.425. The molecule has 0 aromatic rings. The third kappa shape index (κ3) is 17.4. The maximum atomic E-state index is 10.9. The number of unbranched alkanes of at least 4 members (excludes halogenated alkanes) is 2. The third-order valence-corrected chi connectivity index (χ3v) is 3.57. The van der Waals surface area contributed by atoms with Crippen molar-refractivity contribution >= 4 is 11.6 Å². The van der Waals surface area contributed by atoms with Crippen LogP contribution in [-0.4, -0.2) is 50.8 Å². The minimum absolute atomic E-state index is 0. The summed E-state index contributed by atoms with van der Waals surface area (Å²) >= 11 is 0. The van der Waals surface area contributed by atoms with Crippen molar-refractivity contribution < 1.29 is 18.4 Å². The molecule has 148 valence electrons. The Morgan fingerprint density at radius 2 is 1.17 bits per heavy atom. The molecule has 0 aliphatic carbocycles. The zero-order valence-corrected chi connectivity index (χ0v) is 14.8. The van der Waals surface area contributed by atoms with Gasteiger partial charge in [-0.15, -0.1) is 0 Å². The van der Waals surface area contributed by atoms with Crippen LogP contribution in [0, 0.1) is 0 Å². The lowest BCUT2D eigenvalue weighted by atomic mass is 10.1. The van der Waals surface area contributed by atoms with Crippen LogP contribution in [0.5, 0.6) is 0 Å². The quantitative estimate of drug-likeness (QED) is 0.403. The van der Waals surface area contributed by atoms with Crippen LogP contribution >= 0.6 is 0 Å². The molecule has 0 heterocycles. The summed E-state index contributed by atoms with van der Waals surface area (Å²) in [5, 5.41) is 5.94. The molecular weight excluding hydrogens is 292 g/mol. The molecule has 2 atom stereocenters. The van der Waals surface area contributed by atoms with Gasteiger partial charge in [0.05, 0.1) is 12.1 Å². The molecule has 0 rings (SSSR count). The predicted octanol–water partition coefficient (Wildman–Crippen LogP) is 2.20. The normalized spacial score (nSPS) is 13.1. The van der Waals surface area contributed by atoms with Gasteiger partial charge < -0.3 is 22.1 Å². The van der Waals surface area contributed by atoms with Crippen LogP contribution in [0.25, 0.3) is 0 Å². The molecule has 0 saturated carbocycles. The highest BCUT2D eigenvalue weighted by molar-refractivity contribution is 5.81. The summed E-state index contributed by atoms with van der Waals surface area (Å²) in [6, 6.07) is 0.0584. The van der Waals surface area contributed by atoms with E-state index in [1.807, 2.05) is 14.1 Å². The molecular formula is C17H48N4O2. The van der Waals surface area contributed by atoms with Gasteiger partial charge in [-0.25, -0.2) is 0 Å². The number of carbonyl (C=O) groups is 2. The standard InChI is InChI=1S/2C8H18N2O.CH4.4H2/c2*1-7(11)8(10-2)5-3-4-6-9;;;;;/h2*8,10H,3-6,9H2,1-2H3;1H4;4*1H/i;;;2*1+1D;2*1+1. The topological polar surface area (TPSA) is 110 Å². The highest BCUT2D eigenvalue weighted by atomic mass is 16.1. The van der Waals surface area contributed by atoms with E-state index in [1.165, 1.54) is 0 Å². The van der Waals surface area contributed by atoms with E-state index >= 15 is 0 Å². The molecule has 0 radical (unpaired) electrons. The Morgan fingerprint density at radius 1 is 0.870 bits per heavy atom. The van der Waals surface area contributed by atoms with E-state index in [-0.39, 0.29) is 33.9 Å². The molecule has 0 aromatic carbocycles. The largest absolute Gasteiger partial charge is 0.330 e. The fourth-order valence-corrected chi connectivity index (χ4v) is 2.09. The van der Waals surface area contributed by atoms with Crippen molar-refractivity contribution in [3.63, 3.8) is 0 Å². The summed E-state index contributed by atoms with van der Waals surface area (Å²) in [6.45, 7) is 4.66. The molecule has 0 spiro atoms. The first-order chi connectivity index (χ1) is 12.4. The van der Waals surface area contributed by atoms with Crippen LogP contribution in [0.15, 0.2) is 0 Å². The Bertz CT molecular complexity index is 279. The second-order valence-corrected chi connectivity index (χ2v) is 5.47. The Morgan fingerprint density at radius 3 is 1.35 bits per heavy atom. The SMILES string of the molecule is C.CNC(CCCCN)C(C)=O.CNC(CCCCN)C(C)=O.[2HH].[2HH].[2H][2H].[2H][2H]. The third-order valence-electron chi connectivity index (χ3n) is 3.57. The maximum absolute atomic E-state index is 10.9. The minimum atomic E-state index is 0. The van der Waals surface area contributed by atoms with Crippen molar-refractivity contribution in [1.29, 1.82) is 0 Å². The van der Waals surface area contributed by atoms with Gasteiger partial charge in [0.25, 0.3) is 0 Å². The van der Waals surface area contributed by atoms with Crippen molar-refractivity contribution in [2.24, 2.45) is 11.5 Å². The van der Waals surface area contributed by atoms with E-state index in [4.69, 9.17) is 17.4 Å². The monoisotopic (exact) mass is 346 g/mol. The number of ketones is 2.